The highest BCUT2D eigenvalue weighted by Gasteiger charge is 2.23. The SMILES string of the molecule is Cc1nn(C)c(C)c1C[C@@H](C)NC(=O)N1CCSCC[C@@H]1C. The minimum atomic E-state index is 0.0710. The number of hydrogen-bond donors (Lipinski definition) is 1. The van der Waals surface area contributed by atoms with Crippen molar-refractivity contribution in [1.29, 1.82) is 0 Å². The van der Waals surface area contributed by atoms with E-state index in [1.807, 2.05) is 35.3 Å². The Bertz CT molecular complexity index is 528. The van der Waals surface area contributed by atoms with Gasteiger partial charge in [-0.3, -0.25) is 4.68 Å². The monoisotopic (exact) mass is 324 g/mol. The van der Waals surface area contributed by atoms with Crippen LogP contribution in [-0.4, -0.2) is 50.8 Å². The highest BCUT2D eigenvalue weighted by atomic mass is 32.2. The molecule has 1 N–H and O–H groups in total. The van der Waals surface area contributed by atoms with E-state index < -0.39 is 0 Å². The lowest BCUT2D eigenvalue weighted by Crippen LogP contribution is -2.48. The van der Waals surface area contributed by atoms with E-state index in [-0.39, 0.29) is 12.1 Å². The van der Waals surface area contributed by atoms with Gasteiger partial charge < -0.3 is 10.2 Å². The Hall–Kier alpha value is -1.17. The van der Waals surface area contributed by atoms with Crippen molar-refractivity contribution in [3.63, 3.8) is 0 Å². The Morgan fingerprint density at radius 2 is 2.18 bits per heavy atom. The maximum absolute atomic E-state index is 12.5. The van der Waals surface area contributed by atoms with Crippen LogP contribution in [0.4, 0.5) is 4.79 Å². The molecule has 124 valence electrons. The highest BCUT2D eigenvalue weighted by molar-refractivity contribution is 7.99. The third-order valence-corrected chi connectivity index (χ3v) is 5.48. The van der Waals surface area contributed by atoms with Gasteiger partial charge in [-0.1, -0.05) is 0 Å². The maximum atomic E-state index is 12.5. The molecule has 2 rings (SSSR count). The number of thioether (sulfide) groups is 1. The number of aromatic nitrogens is 2. The lowest BCUT2D eigenvalue weighted by Gasteiger charge is -2.28. The molecule has 6 heteroatoms. The summed E-state index contributed by atoms with van der Waals surface area (Å²) in [6.45, 7) is 9.17. The number of urea groups is 1. The summed E-state index contributed by atoms with van der Waals surface area (Å²) >= 11 is 1.94. The van der Waals surface area contributed by atoms with Gasteiger partial charge in [0.2, 0.25) is 0 Å². The van der Waals surface area contributed by atoms with Gasteiger partial charge in [-0.15, -0.1) is 0 Å². The van der Waals surface area contributed by atoms with Crippen LogP contribution in [0.3, 0.4) is 0 Å². The van der Waals surface area contributed by atoms with Gasteiger partial charge in [0.15, 0.2) is 0 Å². The molecule has 2 heterocycles. The van der Waals surface area contributed by atoms with E-state index in [1.54, 1.807) is 0 Å². The summed E-state index contributed by atoms with van der Waals surface area (Å²) in [7, 11) is 1.96. The first-order chi connectivity index (χ1) is 10.4. The van der Waals surface area contributed by atoms with Crippen LogP contribution in [0.15, 0.2) is 0 Å². The Kier molecular flexibility index (Phi) is 5.78. The summed E-state index contributed by atoms with van der Waals surface area (Å²) in [6.07, 6.45) is 1.90. The first-order valence-electron chi connectivity index (χ1n) is 8.04. The maximum Gasteiger partial charge on any atom is 0.317 e. The van der Waals surface area contributed by atoms with Gasteiger partial charge in [-0.2, -0.15) is 16.9 Å². The number of aryl methyl sites for hydroxylation is 2. The number of hydrogen-bond acceptors (Lipinski definition) is 3. The van der Waals surface area contributed by atoms with Crippen molar-refractivity contribution >= 4 is 17.8 Å². The summed E-state index contributed by atoms with van der Waals surface area (Å²) in [5.41, 5.74) is 3.48. The Balaban J connectivity index is 1.96. The van der Waals surface area contributed by atoms with Crippen LogP contribution in [0.5, 0.6) is 0 Å². The van der Waals surface area contributed by atoms with E-state index in [9.17, 15) is 4.79 Å². The molecule has 22 heavy (non-hydrogen) atoms. The van der Waals surface area contributed by atoms with Crippen LogP contribution in [0.25, 0.3) is 0 Å². The number of rotatable bonds is 3. The molecular formula is C16H28N4OS. The molecule has 0 bridgehead atoms. The fraction of sp³-hybridized carbons (Fsp3) is 0.750. The molecule has 0 aromatic carbocycles. The first-order valence-corrected chi connectivity index (χ1v) is 9.19. The molecular weight excluding hydrogens is 296 g/mol. The van der Waals surface area contributed by atoms with Crippen molar-refractivity contribution in [2.24, 2.45) is 7.05 Å². The number of carbonyl (C=O) groups is 1. The zero-order valence-electron chi connectivity index (χ0n) is 14.3. The van der Waals surface area contributed by atoms with Crippen molar-refractivity contribution in [3.05, 3.63) is 17.0 Å². The van der Waals surface area contributed by atoms with Gasteiger partial charge >= 0.3 is 6.03 Å². The quantitative estimate of drug-likeness (QED) is 0.929. The molecule has 1 saturated heterocycles. The second-order valence-corrected chi connectivity index (χ2v) is 7.50. The van der Waals surface area contributed by atoms with Gasteiger partial charge in [0.25, 0.3) is 0 Å². The van der Waals surface area contributed by atoms with Gasteiger partial charge in [0.1, 0.15) is 0 Å². The van der Waals surface area contributed by atoms with Gasteiger partial charge in [0, 0.05) is 37.1 Å². The molecule has 2 amide bonds. The van der Waals surface area contributed by atoms with Crippen LogP contribution in [0, 0.1) is 13.8 Å². The lowest BCUT2D eigenvalue weighted by atomic mass is 10.1. The molecule has 1 aromatic heterocycles. The summed E-state index contributed by atoms with van der Waals surface area (Å²) < 4.78 is 1.91. The second-order valence-electron chi connectivity index (χ2n) is 6.27. The average Bonchev–Trinajstić information content (AvgIpc) is 2.64. The minimum absolute atomic E-state index is 0.0710. The molecule has 1 fully saturated rings. The van der Waals surface area contributed by atoms with E-state index in [1.165, 1.54) is 11.3 Å². The largest absolute Gasteiger partial charge is 0.335 e. The van der Waals surface area contributed by atoms with Gasteiger partial charge in [0.05, 0.1) is 5.69 Å². The fourth-order valence-electron chi connectivity index (χ4n) is 2.96. The Morgan fingerprint density at radius 3 is 2.82 bits per heavy atom. The van der Waals surface area contributed by atoms with E-state index in [0.29, 0.717) is 6.04 Å². The highest BCUT2D eigenvalue weighted by Crippen LogP contribution is 2.17. The Labute approximate surface area is 137 Å². The molecule has 0 saturated carbocycles. The smallest absolute Gasteiger partial charge is 0.317 e. The van der Waals surface area contributed by atoms with E-state index >= 15 is 0 Å². The third kappa shape index (κ3) is 3.97. The standard InChI is InChI=1S/C16H28N4OS/c1-11(10-15-13(3)18-19(5)14(15)4)17-16(21)20-7-9-22-8-6-12(20)2/h11-12H,6-10H2,1-5H3,(H,17,21)/t11-,12+/m1/s1. The van der Waals surface area contributed by atoms with Crippen molar-refractivity contribution in [1.82, 2.24) is 20.0 Å². The number of carbonyl (C=O) groups excluding carboxylic acids is 1. The first kappa shape index (κ1) is 17.2. The topological polar surface area (TPSA) is 50.2 Å². The number of amides is 2. The molecule has 0 unspecified atom stereocenters. The van der Waals surface area contributed by atoms with Crippen molar-refractivity contribution in [2.75, 3.05) is 18.1 Å². The fourth-order valence-corrected chi connectivity index (χ4v) is 4.00. The van der Waals surface area contributed by atoms with Crippen LogP contribution in [-0.2, 0) is 13.5 Å². The van der Waals surface area contributed by atoms with Crippen molar-refractivity contribution in [3.8, 4) is 0 Å². The summed E-state index contributed by atoms with van der Waals surface area (Å²) in [5, 5.41) is 7.61. The van der Waals surface area contributed by atoms with Crippen LogP contribution in [0.2, 0.25) is 0 Å². The van der Waals surface area contributed by atoms with Crippen LogP contribution >= 0.6 is 11.8 Å². The van der Waals surface area contributed by atoms with E-state index in [0.717, 1.165) is 36.6 Å². The second kappa shape index (κ2) is 7.40. The zero-order chi connectivity index (χ0) is 16.3. The predicted octanol–water partition coefficient (Wildman–Crippen LogP) is 2.50. The molecule has 0 aliphatic carbocycles. The van der Waals surface area contributed by atoms with Crippen molar-refractivity contribution in [2.45, 2.75) is 52.6 Å². The van der Waals surface area contributed by atoms with Gasteiger partial charge in [-0.25, -0.2) is 4.79 Å². The number of nitrogens with one attached hydrogen (secondary N) is 1. The summed E-state index contributed by atoms with van der Waals surface area (Å²) in [6, 6.07) is 0.503. The predicted molar refractivity (Wildman–Crippen MR) is 92.5 cm³/mol. The third-order valence-electron chi connectivity index (χ3n) is 4.49. The Morgan fingerprint density at radius 1 is 1.45 bits per heavy atom. The van der Waals surface area contributed by atoms with Crippen LogP contribution < -0.4 is 5.32 Å². The lowest BCUT2D eigenvalue weighted by molar-refractivity contribution is 0.180. The van der Waals surface area contributed by atoms with Crippen molar-refractivity contribution < 1.29 is 4.79 Å². The summed E-state index contributed by atoms with van der Waals surface area (Å²) in [4.78, 5) is 14.5. The molecule has 1 aliphatic heterocycles. The molecule has 1 aliphatic rings. The number of nitrogens with zero attached hydrogens (tertiary/aromatic N) is 3. The van der Waals surface area contributed by atoms with E-state index in [2.05, 4.69) is 31.2 Å². The molecule has 2 atom stereocenters. The van der Waals surface area contributed by atoms with Gasteiger partial charge in [-0.05, 0) is 51.9 Å². The minimum Gasteiger partial charge on any atom is -0.335 e. The summed E-state index contributed by atoms with van der Waals surface area (Å²) in [5.74, 6) is 2.18. The molecule has 0 radical (unpaired) electrons. The normalized spacial score (nSPS) is 20.6. The molecule has 1 aromatic rings. The average molecular weight is 324 g/mol. The van der Waals surface area contributed by atoms with Crippen LogP contribution in [0.1, 0.15) is 37.2 Å². The molecule has 0 spiro atoms. The van der Waals surface area contributed by atoms with E-state index in [4.69, 9.17) is 0 Å². The molecule has 5 nitrogen and oxygen atoms in total. The zero-order valence-corrected chi connectivity index (χ0v) is 15.2.